The molecule has 10 atom stereocenters. The van der Waals surface area contributed by atoms with E-state index in [0.717, 1.165) is 48.7 Å². The van der Waals surface area contributed by atoms with Gasteiger partial charge in [0.25, 0.3) is 11.1 Å². The van der Waals surface area contributed by atoms with Crippen molar-refractivity contribution in [1.82, 2.24) is 9.38 Å². The minimum atomic E-state index is -1.84. The lowest BCUT2D eigenvalue weighted by molar-refractivity contribution is -0.323. The molecule has 1 aromatic carbocycles. The Bertz CT molecular complexity index is 2280. The number of nitrogens with one attached hydrogen (secondary N) is 1. The predicted molar refractivity (Wildman–Crippen MR) is 209 cm³/mol. The second-order valence-electron chi connectivity index (χ2n) is 13.9. The molecule has 2 saturated heterocycles. The molecule has 2 aliphatic heterocycles. The van der Waals surface area contributed by atoms with E-state index in [4.69, 9.17) is 63.7 Å². The lowest BCUT2D eigenvalue weighted by Crippen LogP contribution is -2.65. The van der Waals surface area contributed by atoms with E-state index in [-0.39, 0.29) is 17.0 Å². The number of nitrogens with zero attached hydrogens (tertiary/aromatic N) is 2. The molecule has 23 nitrogen and oxygen atoms in total. The van der Waals surface area contributed by atoms with Gasteiger partial charge in [-0.15, -0.1) is 0 Å². The molecule has 344 valence electrons. The van der Waals surface area contributed by atoms with Crippen LogP contribution in [0.15, 0.2) is 48.8 Å². The lowest BCUT2D eigenvalue weighted by atomic mass is 9.97. The quantitative estimate of drug-likeness (QED) is 0.129. The molecule has 2 fully saturated rings. The molecule has 0 spiro atoms. The number of carbonyl (C=O) groups is 9. The Kier molecular flexibility index (Phi) is 16.0. The number of carbonyl (C=O) groups excluding carboxylic acids is 9. The van der Waals surface area contributed by atoms with Crippen LogP contribution in [0, 0.1) is 0 Å². The third-order valence-electron chi connectivity index (χ3n) is 9.04. The zero-order chi connectivity index (χ0) is 47.0. The monoisotopic (exact) mass is 919 g/mol. The summed E-state index contributed by atoms with van der Waals surface area (Å²) in [5, 5.41) is 1.96. The van der Waals surface area contributed by atoms with Crippen molar-refractivity contribution in [2.24, 2.45) is 0 Å². The normalized spacial score (nSPS) is 25.1. The van der Waals surface area contributed by atoms with Crippen molar-refractivity contribution >= 4 is 75.9 Å². The highest BCUT2D eigenvalue weighted by atomic mass is 35.5. The average Bonchev–Trinajstić information content (AvgIpc) is 3.64. The highest BCUT2D eigenvalue weighted by molar-refractivity contribution is 6.67. The first-order valence-electron chi connectivity index (χ1n) is 19.0. The topological polar surface area (TPSA) is 284 Å². The third kappa shape index (κ3) is 12.3. The minimum absolute atomic E-state index is 0.0172. The number of aromatic nitrogens is 2. The number of imidazole rings is 1. The van der Waals surface area contributed by atoms with Gasteiger partial charge in [0.2, 0.25) is 12.4 Å². The van der Waals surface area contributed by atoms with Gasteiger partial charge in [0.15, 0.2) is 42.9 Å². The molecular formula is C40H42ClN3O20. The molecule has 0 saturated carbocycles. The zero-order valence-electron chi connectivity index (χ0n) is 35.0. The van der Waals surface area contributed by atoms with Crippen molar-refractivity contribution in [1.29, 1.82) is 0 Å². The first kappa shape index (κ1) is 48.3. The zero-order valence-corrected chi connectivity index (χ0v) is 35.8. The van der Waals surface area contributed by atoms with E-state index >= 15 is 0 Å². The maximum absolute atomic E-state index is 13.2. The molecule has 4 heterocycles. The van der Waals surface area contributed by atoms with Crippen LogP contribution in [0.1, 0.15) is 62.4 Å². The second kappa shape index (κ2) is 21.1. The first-order chi connectivity index (χ1) is 30.2. The minimum Gasteiger partial charge on any atom is -0.467 e. The summed E-state index contributed by atoms with van der Waals surface area (Å²) in [6.07, 6.45) is -14.0. The average molecular weight is 920 g/mol. The van der Waals surface area contributed by atoms with Crippen LogP contribution in [0.3, 0.4) is 0 Å². The number of methoxy groups -OCH3 is 1. The Labute approximate surface area is 367 Å². The Hall–Kier alpha value is -6.69. The Morgan fingerprint density at radius 3 is 1.70 bits per heavy atom. The van der Waals surface area contributed by atoms with E-state index in [2.05, 4.69) is 10.3 Å². The fourth-order valence-electron chi connectivity index (χ4n) is 6.67. The summed E-state index contributed by atoms with van der Waals surface area (Å²) in [5.41, 5.74) is 0.925. The number of anilines is 1. The van der Waals surface area contributed by atoms with Crippen molar-refractivity contribution in [2.45, 2.75) is 103 Å². The molecule has 0 bridgehead atoms. The molecule has 5 rings (SSSR count). The molecule has 1 amide bonds. The van der Waals surface area contributed by atoms with Crippen LogP contribution < -0.4 is 10.1 Å². The first-order valence-corrected chi connectivity index (χ1v) is 19.4. The van der Waals surface area contributed by atoms with Gasteiger partial charge in [0.1, 0.15) is 23.2 Å². The van der Waals surface area contributed by atoms with Crippen LogP contribution in [0.25, 0.3) is 5.65 Å². The van der Waals surface area contributed by atoms with Crippen LogP contribution in [0.2, 0.25) is 0 Å². The lowest BCUT2D eigenvalue weighted by Gasteiger charge is -2.45. The number of benzene rings is 1. The van der Waals surface area contributed by atoms with Crippen molar-refractivity contribution in [3.8, 4) is 5.75 Å². The third-order valence-corrected chi connectivity index (χ3v) is 9.23. The molecule has 1 N–H and O–H groups in total. The summed E-state index contributed by atoms with van der Waals surface area (Å²) in [6.45, 7) is 5.36. The molecule has 24 heteroatoms. The Morgan fingerprint density at radius 1 is 0.641 bits per heavy atom. The van der Waals surface area contributed by atoms with E-state index in [9.17, 15) is 43.2 Å². The summed E-state index contributed by atoms with van der Waals surface area (Å²) in [5.74, 6) is -7.20. The number of halogens is 1. The Balaban J connectivity index is 1.44. The predicted octanol–water partition coefficient (Wildman–Crippen LogP) is 1.57. The van der Waals surface area contributed by atoms with Gasteiger partial charge in [0.05, 0.1) is 19.4 Å². The van der Waals surface area contributed by atoms with Crippen molar-refractivity contribution in [3.05, 3.63) is 60.0 Å². The van der Waals surface area contributed by atoms with Crippen LogP contribution in [-0.4, -0.2) is 137 Å². The maximum Gasteiger partial charge on any atom is 0.339 e. The van der Waals surface area contributed by atoms with Crippen molar-refractivity contribution in [3.63, 3.8) is 0 Å². The van der Waals surface area contributed by atoms with E-state index in [1.165, 1.54) is 41.1 Å². The fourth-order valence-corrected chi connectivity index (χ4v) is 6.76. The molecule has 2 aromatic heterocycles. The molecular weight excluding hydrogens is 878 g/mol. The van der Waals surface area contributed by atoms with Gasteiger partial charge in [0, 0.05) is 59.5 Å². The number of fused-ring (bicyclic) bond motifs is 1. The molecule has 2 aliphatic rings. The highest BCUT2D eigenvalue weighted by Crippen LogP contribution is 2.34. The number of rotatable bonds is 15. The molecule has 64 heavy (non-hydrogen) atoms. The fraction of sp³-hybridized carbons (Fsp3) is 0.450. The molecule has 2 unspecified atom stereocenters. The van der Waals surface area contributed by atoms with Crippen LogP contribution in [0.4, 0.5) is 5.69 Å². The van der Waals surface area contributed by atoms with Crippen molar-refractivity contribution in [2.75, 3.05) is 19.0 Å². The van der Waals surface area contributed by atoms with Gasteiger partial charge in [-0.1, -0.05) is 0 Å². The number of ether oxygens (including phenoxy) is 11. The summed E-state index contributed by atoms with van der Waals surface area (Å²) < 4.78 is 63.1. The number of amides is 1. The smallest absolute Gasteiger partial charge is 0.339 e. The van der Waals surface area contributed by atoms with Gasteiger partial charge in [-0.05, 0) is 48.0 Å². The number of hydrogen-bond donors (Lipinski definition) is 1. The maximum atomic E-state index is 13.2. The molecule has 0 radical (unpaired) electrons. The van der Waals surface area contributed by atoms with Crippen LogP contribution >= 0.6 is 11.6 Å². The SMILES string of the molecule is COC(=O)C1O[C@@H](OC[C@H]2OC(Oc3ccc(C(=O)Nc4ccc5nc(C(=O)Cl)cn5c4)cc3)[C@H](OC(C)=O)[C@@H](OC(C)=O)[C@H]2OC(C)=O)[C@H](OC(C)=O)[C@@H](OC(C)=O)[C@@H]1OC(C)=O. The second-order valence-corrected chi connectivity index (χ2v) is 14.3. The summed E-state index contributed by atoms with van der Waals surface area (Å²) >= 11 is 5.53. The van der Waals surface area contributed by atoms with Crippen LogP contribution in [-0.2, 0) is 80.9 Å². The van der Waals surface area contributed by atoms with Crippen molar-refractivity contribution < 1.29 is 95.3 Å². The summed E-state index contributed by atoms with van der Waals surface area (Å²) in [6, 6.07) is 8.63. The van der Waals surface area contributed by atoms with E-state index < -0.39 is 121 Å². The highest BCUT2D eigenvalue weighted by Gasteiger charge is 2.57. The number of hydrogen-bond acceptors (Lipinski definition) is 21. The summed E-state index contributed by atoms with van der Waals surface area (Å²) in [7, 11) is 0.995. The Morgan fingerprint density at radius 2 is 1.16 bits per heavy atom. The van der Waals surface area contributed by atoms with Gasteiger partial charge >= 0.3 is 41.8 Å². The van der Waals surface area contributed by atoms with Crippen LogP contribution in [0.5, 0.6) is 5.75 Å². The number of esters is 7. The molecule has 0 aliphatic carbocycles. The summed E-state index contributed by atoms with van der Waals surface area (Å²) in [4.78, 5) is 116. The largest absolute Gasteiger partial charge is 0.467 e. The number of pyridine rings is 1. The molecule has 3 aromatic rings. The van der Waals surface area contributed by atoms with Gasteiger partial charge in [-0.25, -0.2) is 9.78 Å². The van der Waals surface area contributed by atoms with E-state index in [1.807, 2.05) is 0 Å². The van der Waals surface area contributed by atoms with E-state index in [1.54, 1.807) is 12.1 Å². The van der Waals surface area contributed by atoms with Gasteiger partial charge < -0.3 is 61.8 Å². The van der Waals surface area contributed by atoms with Gasteiger partial charge in [-0.3, -0.25) is 38.4 Å². The van der Waals surface area contributed by atoms with Gasteiger partial charge in [-0.2, -0.15) is 0 Å². The van der Waals surface area contributed by atoms with E-state index in [0.29, 0.717) is 11.3 Å². The standard InChI is InChI=1S/C40H42ClN3O20/c1-17(45)56-29-27(16-55-39-34(60-21(5)49)32(59-20(4)48)31(58-19(3)47)33(64-39)38(53)54-7)63-40(35(61-22(6)50)30(29)57-18(2)46)62-25-11-8-23(9-12-25)37(52)42-24-10-13-28-43-26(36(41)51)15-44(28)14-24/h8-15,27,29-35,39-40H,16H2,1-7H3,(H,42,52)/t27-,29+,30+,31+,32+,33?,34-,35-,39-,40?/m1/s1.